The summed E-state index contributed by atoms with van der Waals surface area (Å²) in [4.78, 5) is 2.43. The number of rotatable bonds is 7. The van der Waals surface area contributed by atoms with Crippen LogP contribution in [-0.4, -0.2) is 0 Å². The molecule has 0 bridgehead atoms. The van der Waals surface area contributed by atoms with E-state index in [9.17, 15) is 0 Å². The Morgan fingerprint density at radius 2 is 0.937 bits per heavy atom. The van der Waals surface area contributed by atoms with Crippen LogP contribution in [0.2, 0.25) is 0 Å². The minimum atomic E-state index is 1.06. The molecule has 11 aromatic carbocycles. The quantitative estimate of drug-likeness (QED) is 0.145. The van der Waals surface area contributed by atoms with Crippen LogP contribution in [0.4, 0.5) is 17.1 Å². The summed E-state index contributed by atoms with van der Waals surface area (Å²) in [7, 11) is 0. The second-order valence-corrected chi connectivity index (χ2v) is 16.7. The number of benzene rings is 11. The third-order valence-electron chi connectivity index (χ3n) is 13.1. The zero-order valence-corrected chi connectivity index (χ0v) is 34.9. The molecule has 0 aliphatic heterocycles. The smallest absolute Gasteiger partial charge is 0.0540 e. The molecule has 296 valence electrons. The normalized spacial score (nSPS) is 12.3. The maximum absolute atomic E-state index is 2.45. The number of aryl methyl sites for hydroxylation is 1. The molecule has 0 amide bonds. The highest BCUT2D eigenvalue weighted by Crippen LogP contribution is 2.50. The lowest BCUT2D eigenvalue weighted by Gasteiger charge is -2.28. The summed E-state index contributed by atoms with van der Waals surface area (Å²) in [6.07, 6.45) is 6.68. The van der Waals surface area contributed by atoms with Gasteiger partial charge in [0.05, 0.1) is 5.69 Å². The van der Waals surface area contributed by atoms with E-state index >= 15 is 0 Å². The molecule has 0 N–H and O–H groups in total. The standard InChI is InChI=1S/C62H43N/c1-5-20-43(21-6-1)56-41-57(44-22-7-2-8-23-44)61-55-36-34-47(40-58(55)52-30-16-18-32-54(52)62(61)60(56)45-24-9-3-10-25-45)50-37-38-59(53-31-17-15-29-51(50)53)63(48-27-11-4-12-28-48)49-35-33-42-19-13-14-26-46(42)39-49/h1-13,15-25,27-41H,14,26H2. The van der Waals surface area contributed by atoms with Crippen molar-refractivity contribution in [3.05, 3.63) is 242 Å². The van der Waals surface area contributed by atoms with E-state index in [0.29, 0.717) is 0 Å². The molecule has 1 heteroatoms. The molecule has 1 aliphatic carbocycles. The van der Waals surface area contributed by atoms with Crippen molar-refractivity contribution in [3.63, 3.8) is 0 Å². The lowest BCUT2D eigenvalue weighted by Crippen LogP contribution is -2.11. The highest BCUT2D eigenvalue weighted by molar-refractivity contribution is 6.33. The van der Waals surface area contributed by atoms with Crippen molar-refractivity contribution in [3.8, 4) is 44.5 Å². The second-order valence-electron chi connectivity index (χ2n) is 16.7. The van der Waals surface area contributed by atoms with Crippen LogP contribution in [0.1, 0.15) is 17.5 Å². The van der Waals surface area contributed by atoms with Gasteiger partial charge in [-0.1, -0.05) is 194 Å². The van der Waals surface area contributed by atoms with Crippen LogP contribution in [0.3, 0.4) is 0 Å². The van der Waals surface area contributed by atoms with Gasteiger partial charge in [-0.25, -0.2) is 0 Å². The number of allylic oxidation sites excluding steroid dienone is 1. The van der Waals surface area contributed by atoms with Gasteiger partial charge in [0, 0.05) is 16.8 Å². The fraction of sp³-hybridized carbons (Fsp3) is 0.0323. The molecular weight excluding hydrogens is 759 g/mol. The van der Waals surface area contributed by atoms with Gasteiger partial charge >= 0.3 is 0 Å². The molecule has 0 atom stereocenters. The molecule has 0 aromatic heterocycles. The van der Waals surface area contributed by atoms with E-state index in [2.05, 4.69) is 242 Å². The van der Waals surface area contributed by atoms with E-state index in [1.54, 1.807) is 0 Å². The van der Waals surface area contributed by atoms with Gasteiger partial charge in [-0.15, -0.1) is 0 Å². The average molecular weight is 802 g/mol. The van der Waals surface area contributed by atoms with Gasteiger partial charge < -0.3 is 4.90 Å². The number of nitrogens with zero attached hydrogens (tertiary/aromatic N) is 1. The summed E-state index contributed by atoms with van der Waals surface area (Å²) >= 11 is 0. The van der Waals surface area contributed by atoms with Crippen molar-refractivity contribution in [1.29, 1.82) is 0 Å². The van der Waals surface area contributed by atoms with Crippen LogP contribution in [-0.2, 0) is 6.42 Å². The van der Waals surface area contributed by atoms with Crippen molar-refractivity contribution >= 4 is 66.2 Å². The van der Waals surface area contributed by atoms with Gasteiger partial charge in [-0.3, -0.25) is 0 Å². The van der Waals surface area contributed by atoms with Crippen molar-refractivity contribution in [2.75, 3.05) is 4.90 Å². The summed E-state index contributed by atoms with van der Waals surface area (Å²) in [6, 6.07) is 82.9. The molecule has 0 saturated carbocycles. The molecule has 0 heterocycles. The topological polar surface area (TPSA) is 3.24 Å². The largest absolute Gasteiger partial charge is 0.310 e. The molecule has 0 spiro atoms. The molecule has 0 radical (unpaired) electrons. The number of fused-ring (bicyclic) bond motifs is 8. The first-order chi connectivity index (χ1) is 31.3. The van der Waals surface area contributed by atoms with Crippen LogP contribution < -0.4 is 4.90 Å². The van der Waals surface area contributed by atoms with E-state index in [0.717, 1.165) is 18.5 Å². The molecule has 12 rings (SSSR count). The molecule has 11 aromatic rings. The first kappa shape index (κ1) is 36.8. The molecular formula is C62H43N. The molecule has 1 aliphatic rings. The molecule has 63 heavy (non-hydrogen) atoms. The van der Waals surface area contributed by atoms with Gasteiger partial charge in [-0.2, -0.15) is 0 Å². The van der Waals surface area contributed by atoms with Gasteiger partial charge in [0.25, 0.3) is 0 Å². The molecule has 0 unspecified atom stereocenters. The van der Waals surface area contributed by atoms with Crippen LogP contribution in [0.5, 0.6) is 0 Å². The second kappa shape index (κ2) is 15.5. The predicted octanol–water partition coefficient (Wildman–Crippen LogP) is 17.4. The fourth-order valence-electron chi connectivity index (χ4n) is 10.2. The Kier molecular flexibility index (Phi) is 9.04. The Labute approximate surface area is 368 Å². The number of hydrogen-bond donors (Lipinski definition) is 0. The van der Waals surface area contributed by atoms with Crippen molar-refractivity contribution in [2.45, 2.75) is 12.8 Å². The Morgan fingerprint density at radius 3 is 1.67 bits per heavy atom. The Bertz CT molecular complexity index is 3530. The van der Waals surface area contributed by atoms with Gasteiger partial charge in [-0.05, 0) is 149 Å². The maximum Gasteiger partial charge on any atom is 0.0540 e. The number of hydrogen-bond acceptors (Lipinski definition) is 1. The average Bonchev–Trinajstić information content (AvgIpc) is 3.37. The third kappa shape index (κ3) is 6.32. The van der Waals surface area contributed by atoms with Gasteiger partial charge in [0.1, 0.15) is 0 Å². The van der Waals surface area contributed by atoms with E-state index in [-0.39, 0.29) is 0 Å². The molecule has 0 saturated heterocycles. The van der Waals surface area contributed by atoms with Crippen molar-refractivity contribution < 1.29 is 0 Å². The minimum absolute atomic E-state index is 1.06. The number of para-hydroxylation sites is 1. The van der Waals surface area contributed by atoms with E-state index < -0.39 is 0 Å². The fourth-order valence-corrected chi connectivity index (χ4v) is 10.2. The summed E-state index contributed by atoms with van der Waals surface area (Å²) in [5.74, 6) is 0. The first-order valence-electron chi connectivity index (χ1n) is 22.1. The lowest BCUT2D eigenvalue weighted by molar-refractivity contribution is 0.984. The van der Waals surface area contributed by atoms with E-state index in [1.165, 1.54) is 110 Å². The molecule has 0 fully saturated rings. The Morgan fingerprint density at radius 1 is 0.333 bits per heavy atom. The van der Waals surface area contributed by atoms with Gasteiger partial charge in [0.15, 0.2) is 0 Å². The predicted molar refractivity (Wildman–Crippen MR) is 270 cm³/mol. The van der Waals surface area contributed by atoms with Crippen LogP contribution in [0, 0.1) is 0 Å². The third-order valence-corrected chi connectivity index (χ3v) is 13.1. The van der Waals surface area contributed by atoms with Crippen molar-refractivity contribution in [2.24, 2.45) is 0 Å². The van der Waals surface area contributed by atoms with E-state index in [1.807, 2.05) is 0 Å². The summed E-state index contributed by atoms with van der Waals surface area (Å²) < 4.78 is 0. The Hall–Kier alpha value is -8.00. The monoisotopic (exact) mass is 801 g/mol. The van der Waals surface area contributed by atoms with E-state index in [4.69, 9.17) is 0 Å². The summed E-state index contributed by atoms with van der Waals surface area (Å²) in [5, 5.41) is 10.0. The highest BCUT2D eigenvalue weighted by atomic mass is 15.1. The van der Waals surface area contributed by atoms with Crippen molar-refractivity contribution in [1.82, 2.24) is 0 Å². The minimum Gasteiger partial charge on any atom is -0.310 e. The lowest BCUT2D eigenvalue weighted by atomic mass is 9.81. The molecule has 1 nitrogen and oxygen atoms in total. The zero-order chi connectivity index (χ0) is 41.7. The highest BCUT2D eigenvalue weighted by Gasteiger charge is 2.23. The van der Waals surface area contributed by atoms with Crippen LogP contribution in [0.25, 0.3) is 93.7 Å². The first-order valence-corrected chi connectivity index (χ1v) is 22.1. The van der Waals surface area contributed by atoms with Gasteiger partial charge in [0.2, 0.25) is 0 Å². The van der Waals surface area contributed by atoms with Crippen LogP contribution >= 0.6 is 0 Å². The number of anilines is 3. The maximum atomic E-state index is 2.45. The zero-order valence-electron chi connectivity index (χ0n) is 34.9. The van der Waals surface area contributed by atoms with Crippen LogP contribution in [0.15, 0.2) is 231 Å². The SMILES string of the molecule is C1=Cc2ccc(N(c3ccccc3)c3ccc(-c4ccc5c(c4)c4ccccc4c4c(-c6ccccc6)c(-c6ccccc6)cc(-c6ccccc6)c54)c4ccccc34)cc2CC1. The summed E-state index contributed by atoms with van der Waals surface area (Å²) in [6.45, 7) is 0. The summed E-state index contributed by atoms with van der Waals surface area (Å²) in [5.41, 5.74) is 16.0. The Balaban J connectivity index is 1.12.